The molecule has 108 valence electrons. The molecule has 0 spiro atoms. The minimum Gasteiger partial charge on any atom is -0.372 e. The molecule has 1 aliphatic carbocycles. The van der Waals surface area contributed by atoms with Crippen molar-refractivity contribution >= 4 is 11.3 Å². The number of hydrogen-bond donors (Lipinski definition) is 1. The number of thiazole rings is 1. The van der Waals surface area contributed by atoms with Gasteiger partial charge < -0.3 is 10.1 Å². The van der Waals surface area contributed by atoms with Crippen LogP contribution < -0.4 is 5.32 Å². The third kappa shape index (κ3) is 3.36. The van der Waals surface area contributed by atoms with Crippen LogP contribution >= 0.6 is 11.3 Å². The molecule has 2 unspecified atom stereocenters. The van der Waals surface area contributed by atoms with Gasteiger partial charge in [-0.2, -0.15) is 0 Å². The highest BCUT2D eigenvalue weighted by molar-refractivity contribution is 7.11. The standard InChI is InChI=1S/C15H26N2OS/c1-6-16-11-8-15(4,5)9-12-13(11)19-14(17-12)10(3)18-7-2/h10-11,16H,6-9H2,1-5H3. The van der Waals surface area contributed by atoms with E-state index in [2.05, 4.69) is 33.0 Å². The Bertz CT molecular complexity index is 428. The molecule has 4 heteroatoms. The van der Waals surface area contributed by atoms with Gasteiger partial charge in [-0.3, -0.25) is 0 Å². The molecule has 2 rings (SSSR count). The Morgan fingerprint density at radius 1 is 1.47 bits per heavy atom. The normalized spacial score (nSPS) is 23.1. The van der Waals surface area contributed by atoms with Crippen LogP contribution in [0.5, 0.6) is 0 Å². The van der Waals surface area contributed by atoms with E-state index < -0.39 is 0 Å². The molecule has 0 fully saturated rings. The smallest absolute Gasteiger partial charge is 0.122 e. The van der Waals surface area contributed by atoms with Gasteiger partial charge in [0.15, 0.2) is 0 Å². The average molecular weight is 282 g/mol. The van der Waals surface area contributed by atoms with Crippen molar-refractivity contribution < 1.29 is 4.74 Å². The number of aromatic nitrogens is 1. The second-order valence-electron chi connectivity index (χ2n) is 6.12. The molecule has 3 nitrogen and oxygen atoms in total. The molecule has 1 aliphatic rings. The Morgan fingerprint density at radius 2 is 2.21 bits per heavy atom. The molecule has 0 saturated carbocycles. The molecule has 19 heavy (non-hydrogen) atoms. The Labute approximate surface area is 120 Å². The monoisotopic (exact) mass is 282 g/mol. The molecule has 1 aromatic heterocycles. The van der Waals surface area contributed by atoms with Gasteiger partial charge in [0, 0.05) is 17.5 Å². The van der Waals surface area contributed by atoms with Crippen LogP contribution in [0.4, 0.5) is 0 Å². The lowest BCUT2D eigenvalue weighted by molar-refractivity contribution is 0.0760. The molecule has 2 atom stereocenters. The zero-order valence-corrected chi connectivity index (χ0v) is 13.6. The molecule has 1 aromatic rings. The maximum absolute atomic E-state index is 5.68. The molecular formula is C15H26N2OS. The van der Waals surface area contributed by atoms with Crippen LogP contribution in [0.15, 0.2) is 0 Å². The Hall–Kier alpha value is -0.450. The lowest BCUT2D eigenvalue weighted by Gasteiger charge is -2.34. The zero-order chi connectivity index (χ0) is 14.0. The zero-order valence-electron chi connectivity index (χ0n) is 12.7. The van der Waals surface area contributed by atoms with E-state index in [1.807, 2.05) is 18.3 Å². The van der Waals surface area contributed by atoms with E-state index >= 15 is 0 Å². The highest BCUT2D eigenvalue weighted by Gasteiger charge is 2.35. The maximum atomic E-state index is 5.68. The molecule has 0 bridgehead atoms. The summed E-state index contributed by atoms with van der Waals surface area (Å²) in [5.74, 6) is 0. The van der Waals surface area contributed by atoms with Crippen LogP contribution in [0.2, 0.25) is 0 Å². The van der Waals surface area contributed by atoms with Gasteiger partial charge in [-0.15, -0.1) is 11.3 Å². The van der Waals surface area contributed by atoms with Crippen molar-refractivity contribution in [1.82, 2.24) is 10.3 Å². The largest absolute Gasteiger partial charge is 0.372 e. The highest BCUT2D eigenvalue weighted by Crippen LogP contribution is 2.44. The minimum absolute atomic E-state index is 0.117. The van der Waals surface area contributed by atoms with Crippen molar-refractivity contribution in [3.05, 3.63) is 15.6 Å². The Morgan fingerprint density at radius 3 is 2.84 bits per heavy atom. The molecule has 0 aliphatic heterocycles. The van der Waals surface area contributed by atoms with E-state index in [0.29, 0.717) is 11.5 Å². The summed E-state index contributed by atoms with van der Waals surface area (Å²) in [6, 6.07) is 0.462. The number of ether oxygens (including phenoxy) is 1. The molecular weight excluding hydrogens is 256 g/mol. The molecule has 0 amide bonds. The molecule has 1 N–H and O–H groups in total. The summed E-state index contributed by atoms with van der Waals surface area (Å²) in [5.41, 5.74) is 1.62. The lowest BCUT2D eigenvalue weighted by atomic mass is 9.76. The first-order valence-corrected chi connectivity index (χ1v) is 8.13. The summed E-state index contributed by atoms with van der Waals surface area (Å²) in [7, 11) is 0. The Kier molecular flexibility index (Phi) is 4.64. The van der Waals surface area contributed by atoms with Crippen LogP contribution in [0.25, 0.3) is 0 Å². The summed E-state index contributed by atoms with van der Waals surface area (Å²) < 4.78 is 5.68. The van der Waals surface area contributed by atoms with Gasteiger partial charge >= 0.3 is 0 Å². The fourth-order valence-corrected chi connectivity index (χ4v) is 4.02. The summed E-state index contributed by atoms with van der Waals surface area (Å²) >= 11 is 1.83. The van der Waals surface area contributed by atoms with Gasteiger partial charge in [0.2, 0.25) is 0 Å². The van der Waals surface area contributed by atoms with Crippen molar-refractivity contribution in [2.75, 3.05) is 13.2 Å². The first kappa shape index (κ1) is 14.9. The molecule has 0 aromatic carbocycles. The summed E-state index contributed by atoms with van der Waals surface area (Å²) in [4.78, 5) is 6.28. The van der Waals surface area contributed by atoms with Gasteiger partial charge in [0.1, 0.15) is 11.1 Å². The van der Waals surface area contributed by atoms with Gasteiger partial charge in [-0.25, -0.2) is 4.98 Å². The van der Waals surface area contributed by atoms with Crippen LogP contribution in [-0.4, -0.2) is 18.1 Å². The molecule has 0 saturated heterocycles. The highest BCUT2D eigenvalue weighted by atomic mass is 32.1. The van der Waals surface area contributed by atoms with Crippen molar-refractivity contribution in [3.8, 4) is 0 Å². The summed E-state index contributed by atoms with van der Waals surface area (Å²) in [6.45, 7) is 12.7. The van der Waals surface area contributed by atoms with E-state index in [4.69, 9.17) is 9.72 Å². The number of rotatable bonds is 5. The predicted molar refractivity (Wildman–Crippen MR) is 80.7 cm³/mol. The third-order valence-corrected chi connectivity index (χ3v) is 5.05. The second-order valence-corrected chi connectivity index (χ2v) is 7.18. The first-order valence-electron chi connectivity index (χ1n) is 7.31. The summed E-state index contributed by atoms with van der Waals surface area (Å²) in [5, 5.41) is 4.74. The van der Waals surface area contributed by atoms with E-state index in [0.717, 1.165) is 24.6 Å². The van der Waals surface area contributed by atoms with E-state index in [1.165, 1.54) is 17.0 Å². The van der Waals surface area contributed by atoms with Crippen molar-refractivity contribution in [2.24, 2.45) is 5.41 Å². The van der Waals surface area contributed by atoms with Crippen molar-refractivity contribution in [2.45, 2.75) is 59.6 Å². The van der Waals surface area contributed by atoms with Crippen molar-refractivity contribution in [3.63, 3.8) is 0 Å². The summed E-state index contributed by atoms with van der Waals surface area (Å²) in [6.07, 6.45) is 2.39. The molecule has 1 heterocycles. The number of nitrogens with zero attached hydrogens (tertiary/aromatic N) is 1. The fraction of sp³-hybridized carbons (Fsp3) is 0.800. The second kappa shape index (κ2) is 5.90. The minimum atomic E-state index is 0.117. The van der Waals surface area contributed by atoms with Crippen LogP contribution in [0.3, 0.4) is 0 Å². The average Bonchev–Trinajstić information content (AvgIpc) is 2.72. The third-order valence-electron chi connectivity index (χ3n) is 3.68. The first-order chi connectivity index (χ1) is 8.96. The predicted octanol–water partition coefficient (Wildman–Crippen LogP) is 3.86. The van der Waals surface area contributed by atoms with Crippen LogP contribution in [0, 0.1) is 5.41 Å². The number of fused-ring (bicyclic) bond motifs is 1. The maximum Gasteiger partial charge on any atom is 0.122 e. The number of nitrogens with one attached hydrogen (secondary N) is 1. The van der Waals surface area contributed by atoms with Crippen LogP contribution in [0.1, 0.15) is 68.8 Å². The van der Waals surface area contributed by atoms with E-state index in [-0.39, 0.29) is 6.10 Å². The quantitative estimate of drug-likeness (QED) is 0.890. The van der Waals surface area contributed by atoms with Crippen molar-refractivity contribution in [1.29, 1.82) is 0 Å². The topological polar surface area (TPSA) is 34.2 Å². The van der Waals surface area contributed by atoms with Gasteiger partial charge in [-0.05, 0) is 38.6 Å². The van der Waals surface area contributed by atoms with Gasteiger partial charge in [-0.1, -0.05) is 20.8 Å². The van der Waals surface area contributed by atoms with Gasteiger partial charge in [0.25, 0.3) is 0 Å². The fourth-order valence-electron chi connectivity index (χ4n) is 2.86. The molecule has 0 radical (unpaired) electrons. The SMILES string of the molecule is CCNC1CC(C)(C)Cc2nc(C(C)OCC)sc21. The van der Waals surface area contributed by atoms with E-state index in [9.17, 15) is 0 Å². The lowest BCUT2D eigenvalue weighted by Crippen LogP contribution is -2.32. The van der Waals surface area contributed by atoms with Gasteiger partial charge in [0.05, 0.1) is 5.69 Å². The van der Waals surface area contributed by atoms with E-state index in [1.54, 1.807) is 0 Å². The van der Waals surface area contributed by atoms with Crippen LogP contribution in [-0.2, 0) is 11.2 Å². The Balaban J connectivity index is 2.28. The number of hydrogen-bond acceptors (Lipinski definition) is 4.